The minimum atomic E-state index is -1.55. The second-order valence-electron chi connectivity index (χ2n) is 21.3. The summed E-state index contributed by atoms with van der Waals surface area (Å²) < 4.78 is 55.6. The number of carbonyl (C=O) groups is 2. The van der Waals surface area contributed by atoms with Gasteiger partial charge in [0.25, 0.3) is 0 Å². The van der Waals surface area contributed by atoms with E-state index in [0.717, 1.165) is 38.0 Å². The van der Waals surface area contributed by atoms with Gasteiger partial charge in [-0.05, 0) is 112 Å². The smallest absolute Gasteiger partial charge is 0.308 e. The molecule has 0 spiro atoms. The molecule has 5 heterocycles. The third kappa shape index (κ3) is 15.5. The van der Waals surface area contributed by atoms with Crippen LogP contribution >= 0.6 is 0 Å². The van der Waals surface area contributed by atoms with Crippen LogP contribution in [0.3, 0.4) is 0 Å². The van der Waals surface area contributed by atoms with E-state index in [1.807, 2.05) is 59.7 Å². The zero-order valence-corrected chi connectivity index (χ0v) is 43.4. The summed E-state index contributed by atoms with van der Waals surface area (Å²) >= 11 is 0. The fourth-order valence-corrected chi connectivity index (χ4v) is 11.0. The first kappa shape index (κ1) is 57.9. The van der Waals surface area contributed by atoms with Crippen LogP contribution in [0, 0.1) is 23.7 Å². The Hall–Kier alpha value is -1.98. The van der Waals surface area contributed by atoms with Crippen molar-refractivity contribution >= 4 is 11.8 Å². The quantitative estimate of drug-likeness (QED) is 0.157. The molecule has 0 bridgehead atoms. The lowest BCUT2D eigenvalue weighted by Gasteiger charge is -2.50. The van der Waals surface area contributed by atoms with E-state index in [1.54, 1.807) is 19.1 Å². The van der Waals surface area contributed by atoms with Crippen LogP contribution in [0.5, 0.6) is 0 Å². The molecule has 0 saturated carbocycles. The summed E-state index contributed by atoms with van der Waals surface area (Å²) in [6.45, 7) is 16.6. The third-order valence-electron chi connectivity index (χ3n) is 15.1. The number of ketones is 1. The van der Waals surface area contributed by atoms with E-state index < -0.39 is 121 Å². The number of rotatable bonds is 14. The zero-order valence-electron chi connectivity index (χ0n) is 43.4. The average molecular weight is 985 g/mol. The molecule has 5 rings (SSSR count). The summed E-state index contributed by atoms with van der Waals surface area (Å²) in [6, 6.07) is -0.688. The average Bonchev–Trinajstić information content (AvgIpc) is 3.28. The van der Waals surface area contributed by atoms with Gasteiger partial charge in [-0.25, -0.2) is 0 Å². The first-order valence-electron chi connectivity index (χ1n) is 25.4. The van der Waals surface area contributed by atoms with Gasteiger partial charge in [0.2, 0.25) is 0 Å². The molecule has 0 aromatic heterocycles. The number of ether oxygens (including phenoxy) is 9. The lowest BCUT2D eigenvalue weighted by atomic mass is 9.79. The lowest BCUT2D eigenvalue weighted by Crippen LogP contribution is -2.65. The van der Waals surface area contributed by atoms with E-state index in [9.17, 15) is 35.1 Å². The van der Waals surface area contributed by atoms with Crippen LogP contribution in [0.2, 0.25) is 0 Å². The molecule has 398 valence electrons. The molecule has 4 fully saturated rings. The molecule has 18 heteroatoms. The first-order valence-corrected chi connectivity index (χ1v) is 25.4. The molecule has 0 aromatic rings. The molecule has 0 aromatic carbocycles. The number of methoxy groups -OCH3 is 2. The molecule has 20 unspecified atom stereocenters. The fraction of sp³-hybridized carbons (Fsp3) is 0.882. The van der Waals surface area contributed by atoms with Crippen LogP contribution < -0.4 is 0 Å². The highest BCUT2D eigenvalue weighted by atomic mass is 16.8. The zero-order chi connectivity index (χ0) is 51.0. The van der Waals surface area contributed by atoms with E-state index in [1.165, 1.54) is 34.5 Å². The van der Waals surface area contributed by atoms with Crippen LogP contribution in [0.1, 0.15) is 113 Å². The Balaban J connectivity index is 1.44. The van der Waals surface area contributed by atoms with E-state index in [0.29, 0.717) is 19.3 Å². The minimum Gasteiger partial charge on any atom is -0.462 e. The first-order chi connectivity index (χ1) is 32.5. The number of nitrogens with zero attached hydrogens (tertiary/aromatic N) is 2. The number of cyclic esters (lactones) is 1. The molecule has 4 saturated heterocycles. The summed E-state index contributed by atoms with van der Waals surface area (Å²) in [6.07, 6.45) is -1.86. The molecule has 0 amide bonds. The predicted molar refractivity (Wildman–Crippen MR) is 254 cm³/mol. The van der Waals surface area contributed by atoms with Crippen molar-refractivity contribution in [3.63, 3.8) is 0 Å². The van der Waals surface area contributed by atoms with Crippen molar-refractivity contribution in [2.75, 3.05) is 54.6 Å². The monoisotopic (exact) mass is 985 g/mol. The van der Waals surface area contributed by atoms with Crippen molar-refractivity contribution in [3.05, 3.63) is 23.8 Å². The van der Waals surface area contributed by atoms with Gasteiger partial charge < -0.3 is 78.0 Å². The summed E-state index contributed by atoms with van der Waals surface area (Å²) in [7, 11) is 6.67. The van der Waals surface area contributed by atoms with Gasteiger partial charge in [0.05, 0.1) is 55.2 Å². The Morgan fingerprint density at radius 3 is 2.19 bits per heavy atom. The van der Waals surface area contributed by atoms with Crippen molar-refractivity contribution in [1.82, 2.24) is 9.80 Å². The number of likely N-dealkylation sites (N-methyl/N-ethyl adjacent to an activating group) is 1. The summed E-state index contributed by atoms with van der Waals surface area (Å²) in [5.41, 5.74) is -0.732. The van der Waals surface area contributed by atoms with Gasteiger partial charge >= 0.3 is 5.97 Å². The molecule has 5 N–H and O–H groups in total. The minimum absolute atomic E-state index is 0.00442. The molecule has 18 nitrogen and oxygen atoms in total. The number of esters is 1. The summed E-state index contributed by atoms with van der Waals surface area (Å²) in [4.78, 5) is 32.4. The molecule has 5 aliphatic heterocycles. The lowest BCUT2D eigenvalue weighted by molar-refractivity contribution is -0.357. The van der Waals surface area contributed by atoms with Gasteiger partial charge in [-0.15, -0.1) is 0 Å². The Morgan fingerprint density at radius 1 is 0.870 bits per heavy atom. The van der Waals surface area contributed by atoms with Gasteiger partial charge in [-0.3, -0.25) is 9.59 Å². The van der Waals surface area contributed by atoms with E-state index in [-0.39, 0.29) is 37.6 Å². The normalized spacial score (nSPS) is 45.2. The van der Waals surface area contributed by atoms with E-state index in [4.69, 9.17) is 42.6 Å². The van der Waals surface area contributed by atoms with Gasteiger partial charge in [-0.2, -0.15) is 0 Å². The van der Waals surface area contributed by atoms with Crippen molar-refractivity contribution in [1.29, 1.82) is 0 Å². The number of aliphatic hydroxyl groups excluding tert-OH is 3. The van der Waals surface area contributed by atoms with Crippen molar-refractivity contribution in [2.24, 2.45) is 23.7 Å². The highest BCUT2D eigenvalue weighted by Crippen LogP contribution is 2.38. The van der Waals surface area contributed by atoms with Crippen LogP contribution in [0.4, 0.5) is 0 Å². The third-order valence-corrected chi connectivity index (χ3v) is 15.1. The van der Waals surface area contributed by atoms with Crippen LogP contribution in [-0.2, 0) is 52.2 Å². The topological polar surface area (TPSA) is 225 Å². The summed E-state index contributed by atoms with van der Waals surface area (Å²) in [5, 5.41) is 56.8. The molecule has 0 radical (unpaired) electrons. The Morgan fingerprint density at radius 2 is 1.57 bits per heavy atom. The van der Waals surface area contributed by atoms with Gasteiger partial charge in [0.15, 0.2) is 30.4 Å². The number of hydrogen-bond donors (Lipinski definition) is 5. The second-order valence-corrected chi connectivity index (χ2v) is 21.3. The van der Waals surface area contributed by atoms with Crippen molar-refractivity contribution < 1.29 is 77.8 Å². The Bertz CT molecular complexity index is 1670. The molecule has 69 heavy (non-hydrogen) atoms. The molecule has 5 aliphatic rings. The standard InChI is InChI=1S/C51H88N2O16/c1-13-38-35(28-63-49-46(62-12)39(61-11)26-51(8,60)69-49)23-29(2)17-18-36(54)30(3)24-34(19-22-53-20-15-14-16-21-53)44(31(4)37(55)25-40(56)66-38)68-48-43(57)42(52(9)10)45(32(5)65-48)67-41-27-50(7,59)47(58)33(6)64-41/h17-18,23,30-35,37-39,41-49,55,57-60H,13-16,19-22,24-28H2,1-12H3/b18-17+,29-23+. The van der Waals surface area contributed by atoms with Crippen LogP contribution in [0.25, 0.3) is 0 Å². The van der Waals surface area contributed by atoms with Crippen molar-refractivity contribution in [3.8, 4) is 0 Å². The fourth-order valence-electron chi connectivity index (χ4n) is 11.0. The van der Waals surface area contributed by atoms with Gasteiger partial charge in [-0.1, -0.05) is 44.9 Å². The molecular weight excluding hydrogens is 897 g/mol. The van der Waals surface area contributed by atoms with Gasteiger partial charge in [0.1, 0.15) is 30.5 Å². The largest absolute Gasteiger partial charge is 0.462 e. The number of allylic oxidation sites excluding steroid dienone is 3. The number of likely N-dealkylation sites (tertiary alicyclic amines) is 1. The molecule has 20 atom stereocenters. The van der Waals surface area contributed by atoms with E-state index >= 15 is 0 Å². The number of hydrogen-bond acceptors (Lipinski definition) is 18. The maximum absolute atomic E-state index is 14.1. The summed E-state index contributed by atoms with van der Waals surface area (Å²) in [5.74, 6) is -4.32. The van der Waals surface area contributed by atoms with E-state index in [2.05, 4.69) is 4.90 Å². The van der Waals surface area contributed by atoms with Gasteiger partial charge in [0, 0.05) is 44.8 Å². The maximum Gasteiger partial charge on any atom is 0.308 e. The second kappa shape index (κ2) is 25.8. The van der Waals surface area contributed by atoms with Crippen LogP contribution in [0.15, 0.2) is 23.8 Å². The molecular formula is C51H88N2O16. The number of carbonyl (C=O) groups excluding carboxylic acids is 2. The Kier molecular flexibility index (Phi) is 21.7. The number of piperidine rings is 1. The predicted octanol–water partition coefficient (Wildman–Crippen LogP) is 3.47. The Labute approximate surface area is 410 Å². The SMILES string of the molecule is CCC1OC(=O)CC(O)C(C)C(OC2OC(C)C(OC3CC(C)(O)C(O)C(C)O3)C(N(C)C)C2O)C(CCN2CCCCC2)CC(C)C(=O)/C=C/C(C)=C/C1COC1OC(C)(O)CC(OC)C1OC. The highest BCUT2D eigenvalue weighted by Gasteiger charge is 2.52. The number of aliphatic hydroxyl groups is 5. The highest BCUT2D eigenvalue weighted by molar-refractivity contribution is 5.91. The van der Waals surface area contributed by atoms with Crippen molar-refractivity contribution in [2.45, 2.75) is 211 Å². The van der Waals surface area contributed by atoms with Crippen LogP contribution in [-0.4, -0.2) is 199 Å². The maximum atomic E-state index is 14.1. The molecule has 0 aliphatic carbocycles.